The molecule has 1 fully saturated rings. The summed E-state index contributed by atoms with van der Waals surface area (Å²) < 4.78 is 11.5. The maximum Gasteiger partial charge on any atom is 0.221 e. The van der Waals surface area contributed by atoms with Crippen LogP contribution < -0.4 is 10.1 Å². The van der Waals surface area contributed by atoms with Gasteiger partial charge in [0.25, 0.3) is 0 Å². The van der Waals surface area contributed by atoms with Crippen molar-refractivity contribution in [2.45, 2.75) is 45.6 Å². The average molecular weight is 265 g/mol. The Balaban J connectivity index is 2.05. The van der Waals surface area contributed by atoms with Crippen molar-refractivity contribution in [1.82, 2.24) is 9.97 Å². The lowest BCUT2D eigenvalue weighted by Gasteiger charge is -2.23. The third-order valence-electron chi connectivity index (χ3n) is 3.38. The van der Waals surface area contributed by atoms with E-state index < -0.39 is 0 Å². The van der Waals surface area contributed by atoms with E-state index in [2.05, 4.69) is 15.3 Å². The first-order valence-electron chi connectivity index (χ1n) is 7.04. The molecule has 0 saturated carbocycles. The third kappa shape index (κ3) is 3.56. The van der Waals surface area contributed by atoms with Crippen molar-refractivity contribution >= 4 is 5.82 Å². The summed E-state index contributed by atoms with van der Waals surface area (Å²) in [6.07, 6.45) is 4.45. The maximum atomic E-state index is 5.85. The smallest absolute Gasteiger partial charge is 0.221 e. The molecule has 0 aliphatic carbocycles. The molecule has 0 radical (unpaired) electrons. The molecule has 1 aromatic heterocycles. The Bertz CT molecular complexity index is 417. The monoisotopic (exact) mass is 265 g/mol. The Labute approximate surface area is 114 Å². The summed E-state index contributed by atoms with van der Waals surface area (Å²) in [6.45, 7) is 5.43. The van der Waals surface area contributed by atoms with Gasteiger partial charge < -0.3 is 14.8 Å². The molecule has 1 N–H and O–H groups in total. The van der Waals surface area contributed by atoms with E-state index in [0.29, 0.717) is 12.5 Å². The van der Waals surface area contributed by atoms with Crippen LogP contribution in [0.5, 0.6) is 5.88 Å². The molecule has 2 heterocycles. The van der Waals surface area contributed by atoms with E-state index in [1.54, 1.807) is 0 Å². The van der Waals surface area contributed by atoms with Gasteiger partial charge in [0.05, 0.1) is 11.7 Å². The van der Waals surface area contributed by atoms with Gasteiger partial charge in [0, 0.05) is 20.1 Å². The highest BCUT2D eigenvalue weighted by molar-refractivity contribution is 5.48. The van der Waals surface area contributed by atoms with Crippen LogP contribution >= 0.6 is 0 Å². The molecular formula is C14H23N3O2. The molecule has 0 spiro atoms. The number of hydrogen-bond acceptors (Lipinski definition) is 5. The van der Waals surface area contributed by atoms with Crippen LogP contribution in [-0.2, 0) is 11.2 Å². The van der Waals surface area contributed by atoms with E-state index in [-0.39, 0.29) is 6.10 Å². The summed E-state index contributed by atoms with van der Waals surface area (Å²) in [6, 6.07) is 0. The minimum atomic E-state index is 0.200. The van der Waals surface area contributed by atoms with Gasteiger partial charge in [-0.3, -0.25) is 0 Å². The quantitative estimate of drug-likeness (QED) is 0.885. The zero-order valence-corrected chi connectivity index (χ0v) is 12.0. The molecule has 5 heteroatoms. The Morgan fingerprint density at radius 1 is 1.37 bits per heavy atom. The molecule has 0 bridgehead atoms. The van der Waals surface area contributed by atoms with Crippen LogP contribution in [0.15, 0.2) is 0 Å². The molecule has 5 nitrogen and oxygen atoms in total. The fourth-order valence-electron chi connectivity index (χ4n) is 2.19. The fraction of sp³-hybridized carbons (Fsp3) is 0.714. The van der Waals surface area contributed by atoms with Gasteiger partial charge in [-0.15, -0.1) is 0 Å². The third-order valence-corrected chi connectivity index (χ3v) is 3.38. The van der Waals surface area contributed by atoms with Gasteiger partial charge in [0.15, 0.2) is 0 Å². The van der Waals surface area contributed by atoms with Crippen LogP contribution in [0.4, 0.5) is 5.82 Å². The van der Waals surface area contributed by atoms with E-state index in [9.17, 15) is 0 Å². The number of ether oxygens (including phenoxy) is 2. The summed E-state index contributed by atoms with van der Waals surface area (Å²) in [7, 11) is 1.86. The van der Waals surface area contributed by atoms with Gasteiger partial charge >= 0.3 is 0 Å². The van der Waals surface area contributed by atoms with Crippen molar-refractivity contribution < 1.29 is 9.47 Å². The molecule has 0 amide bonds. The first-order chi connectivity index (χ1) is 9.24. The summed E-state index contributed by atoms with van der Waals surface area (Å²) in [4.78, 5) is 8.89. The van der Waals surface area contributed by atoms with Crippen molar-refractivity contribution in [3.63, 3.8) is 0 Å². The minimum Gasteiger partial charge on any atom is -0.475 e. The molecule has 1 atom stereocenters. The number of rotatable bonds is 5. The minimum absolute atomic E-state index is 0.200. The molecule has 1 aliphatic rings. The molecule has 1 unspecified atom stereocenters. The van der Waals surface area contributed by atoms with Crippen molar-refractivity contribution in [2.24, 2.45) is 0 Å². The molecule has 1 aromatic rings. The summed E-state index contributed by atoms with van der Waals surface area (Å²) in [5, 5.41) is 3.09. The lowest BCUT2D eigenvalue weighted by molar-refractivity contribution is -0.0121. The highest BCUT2D eigenvalue weighted by atomic mass is 16.5. The first-order valence-corrected chi connectivity index (χ1v) is 7.04. The van der Waals surface area contributed by atoms with E-state index in [1.807, 2.05) is 20.9 Å². The number of aromatic nitrogens is 2. The standard InChI is InChI=1S/C14H23N3O2/c1-4-12-16-13(15-3)10(2)14(17-12)19-9-11-7-5-6-8-18-11/h11H,4-9H2,1-3H3,(H,15,16,17). The second-order valence-corrected chi connectivity index (χ2v) is 4.82. The SMILES string of the molecule is CCc1nc(NC)c(C)c(OCC2CCCCO2)n1. The lowest BCUT2D eigenvalue weighted by Crippen LogP contribution is -2.26. The topological polar surface area (TPSA) is 56.3 Å². The van der Waals surface area contributed by atoms with E-state index in [1.165, 1.54) is 6.42 Å². The van der Waals surface area contributed by atoms with Crippen LogP contribution in [0, 0.1) is 6.92 Å². The lowest BCUT2D eigenvalue weighted by atomic mass is 10.1. The zero-order chi connectivity index (χ0) is 13.7. The molecule has 1 saturated heterocycles. The average Bonchev–Trinajstić information content (AvgIpc) is 2.47. The molecule has 19 heavy (non-hydrogen) atoms. The summed E-state index contributed by atoms with van der Waals surface area (Å²) in [5.74, 6) is 2.31. The zero-order valence-electron chi connectivity index (χ0n) is 12.0. The van der Waals surface area contributed by atoms with Gasteiger partial charge in [-0.05, 0) is 26.2 Å². The molecule has 106 valence electrons. The maximum absolute atomic E-state index is 5.85. The van der Waals surface area contributed by atoms with E-state index in [4.69, 9.17) is 9.47 Å². The van der Waals surface area contributed by atoms with Crippen molar-refractivity contribution in [3.05, 3.63) is 11.4 Å². The predicted octanol–water partition coefficient (Wildman–Crippen LogP) is 2.34. The largest absolute Gasteiger partial charge is 0.475 e. The number of nitrogens with one attached hydrogen (secondary N) is 1. The predicted molar refractivity (Wildman–Crippen MR) is 74.8 cm³/mol. The molecule has 1 aliphatic heterocycles. The Kier molecular flexibility index (Phi) is 4.96. The van der Waals surface area contributed by atoms with Gasteiger partial charge in [0.2, 0.25) is 5.88 Å². The number of aryl methyl sites for hydroxylation is 1. The Morgan fingerprint density at radius 2 is 2.21 bits per heavy atom. The Hall–Kier alpha value is -1.36. The summed E-state index contributed by atoms with van der Waals surface area (Å²) >= 11 is 0. The van der Waals surface area contributed by atoms with Crippen LogP contribution in [0.2, 0.25) is 0 Å². The summed E-state index contributed by atoms with van der Waals surface area (Å²) in [5.41, 5.74) is 0.954. The molecule has 2 rings (SSSR count). The number of hydrogen-bond donors (Lipinski definition) is 1. The fourth-order valence-corrected chi connectivity index (χ4v) is 2.19. The van der Waals surface area contributed by atoms with Crippen LogP contribution in [0.3, 0.4) is 0 Å². The first kappa shape index (κ1) is 14.1. The second kappa shape index (κ2) is 6.70. The van der Waals surface area contributed by atoms with E-state index in [0.717, 1.165) is 43.1 Å². The van der Waals surface area contributed by atoms with E-state index >= 15 is 0 Å². The van der Waals surface area contributed by atoms with Gasteiger partial charge in [0.1, 0.15) is 18.2 Å². The van der Waals surface area contributed by atoms with Gasteiger partial charge in [-0.1, -0.05) is 6.92 Å². The molecule has 0 aromatic carbocycles. The Morgan fingerprint density at radius 3 is 2.84 bits per heavy atom. The van der Waals surface area contributed by atoms with Crippen molar-refractivity contribution in [1.29, 1.82) is 0 Å². The number of anilines is 1. The van der Waals surface area contributed by atoms with Crippen LogP contribution in [-0.4, -0.2) is 36.3 Å². The second-order valence-electron chi connectivity index (χ2n) is 4.82. The highest BCUT2D eigenvalue weighted by Crippen LogP contribution is 2.23. The van der Waals surface area contributed by atoms with Crippen molar-refractivity contribution in [3.8, 4) is 5.88 Å². The van der Waals surface area contributed by atoms with Gasteiger partial charge in [-0.2, -0.15) is 4.98 Å². The highest BCUT2D eigenvalue weighted by Gasteiger charge is 2.17. The van der Waals surface area contributed by atoms with Crippen molar-refractivity contribution in [2.75, 3.05) is 25.6 Å². The number of nitrogens with zero attached hydrogens (tertiary/aromatic N) is 2. The van der Waals surface area contributed by atoms with Gasteiger partial charge in [-0.25, -0.2) is 4.98 Å². The van der Waals surface area contributed by atoms with Crippen LogP contribution in [0.25, 0.3) is 0 Å². The normalized spacial score (nSPS) is 19.2. The van der Waals surface area contributed by atoms with Crippen LogP contribution in [0.1, 0.15) is 37.6 Å². The molecular weight excluding hydrogens is 242 g/mol.